The van der Waals surface area contributed by atoms with E-state index in [1.807, 2.05) is 24.9 Å². The number of hydrogen-bond acceptors (Lipinski definition) is 5. The van der Waals surface area contributed by atoms with Gasteiger partial charge < -0.3 is 4.90 Å². The van der Waals surface area contributed by atoms with Crippen LogP contribution < -0.4 is 9.62 Å². The van der Waals surface area contributed by atoms with Crippen molar-refractivity contribution in [2.24, 2.45) is 0 Å². The van der Waals surface area contributed by atoms with Crippen molar-refractivity contribution >= 4 is 15.8 Å². The van der Waals surface area contributed by atoms with Crippen molar-refractivity contribution in [2.45, 2.75) is 6.92 Å². The Morgan fingerprint density at radius 2 is 2.00 bits per heavy atom. The molecule has 0 amide bonds. The minimum absolute atomic E-state index is 0.280. The van der Waals surface area contributed by atoms with Gasteiger partial charge in [0.1, 0.15) is 5.82 Å². The lowest BCUT2D eigenvalue weighted by atomic mass is 10.1. The Balaban J connectivity index is 2.13. The van der Waals surface area contributed by atoms with Crippen molar-refractivity contribution < 1.29 is 12.8 Å². The Bertz CT molecular complexity index is 796. The minimum atomic E-state index is -3.21. The van der Waals surface area contributed by atoms with Gasteiger partial charge in [0.05, 0.1) is 11.9 Å². The lowest BCUT2D eigenvalue weighted by molar-refractivity contribution is 0.587. The van der Waals surface area contributed by atoms with Crippen LogP contribution in [0.25, 0.3) is 11.3 Å². The zero-order valence-electron chi connectivity index (χ0n) is 13.2. The van der Waals surface area contributed by atoms with E-state index in [9.17, 15) is 12.8 Å². The maximum Gasteiger partial charge on any atom is 0.208 e. The fourth-order valence-electron chi connectivity index (χ4n) is 2.15. The average molecular weight is 338 g/mol. The lowest BCUT2D eigenvalue weighted by Crippen LogP contribution is -2.33. The van der Waals surface area contributed by atoms with Crippen molar-refractivity contribution in [2.75, 3.05) is 31.3 Å². The third kappa shape index (κ3) is 4.97. The second-order valence-corrected chi connectivity index (χ2v) is 7.17. The summed E-state index contributed by atoms with van der Waals surface area (Å²) in [5.74, 6) is 0.329. The number of likely N-dealkylation sites (N-methyl/N-ethyl adjacent to an activating group) is 1. The number of nitrogens with zero attached hydrogens (tertiary/aromatic N) is 3. The van der Waals surface area contributed by atoms with Gasteiger partial charge in [-0.3, -0.25) is 0 Å². The SMILES string of the molecule is Cc1cc(-c2cccc(F)c2)nnc1N(C)CCNS(C)(=O)=O. The molecule has 0 saturated carbocycles. The molecule has 1 aromatic carbocycles. The molecule has 0 saturated heterocycles. The third-order valence-corrected chi connectivity index (χ3v) is 3.98. The summed E-state index contributed by atoms with van der Waals surface area (Å²) in [4.78, 5) is 1.82. The zero-order chi connectivity index (χ0) is 17.0. The summed E-state index contributed by atoms with van der Waals surface area (Å²) in [5, 5.41) is 8.31. The standard InChI is InChI=1S/C15H19FN4O2S/c1-11-9-14(12-5-4-6-13(16)10-12)18-19-15(11)20(2)8-7-17-23(3,21)22/h4-6,9-10,17H,7-8H2,1-3H3. The molecule has 1 aromatic heterocycles. The zero-order valence-corrected chi connectivity index (χ0v) is 14.1. The van der Waals surface area contributed by atoms with E-state index in [0.29, 0.717) is 23.6 Å². The lowest BCUT2D eigenvalue weighted by Gasteiger charge is -2.19. The van der Waals surface area contributed by atoms with Crippen molar-refractivity contribution in [1.82, 2.24) is 14.9 Å². The van der Waals surface area contributed by atoms with E-state index in [-0.39, 0.29) is 12.4 Å². The van der Waals surface area contributed by atoms with Crippen molar-refractivity contribution in [3.05, 3.63) is 41.7 Å². The van der Waals surface area contributed by atoms with Crippen molar-refractivity contribution in [3.63, 3.8) is 0 Å². The highest BCUT2D eigenvalue weighted by atomic mass is 32.2. The molecular formula is C15H19FN4O2S. The number of aryl methyl sites for hydroxylation is 1. The van der Waals surface area contributed by atoms with Crippen LogP contribution in [0.3, 0.4) is 0 Å². The summed E-state index contributed by atoms with van der Waals surface area (Å²) in [6, 6.07) is 8.01. The molecule has 0 unspecified atom stereocenters. The van der Waals surface area contributed by atoms with Gasteiger partial charge in [-0.15, -0.1) is 10.2 Å². The second kappa shape index (κ2) is 7.01. The van der Waals surface area contributed by atoms with E-state index in [0.717, 1.165) is 11.8 Å². The van der Waals surface area contributed by atoms with Crippen LogP contribution in [-0.4, -0.2) is 45.0 Å². The average Bonchev–Trinajstić information content (AvgIpc) is 2.45. The van der Waals surface area contributed by atoms with Gasteiger partial charge in [-0.1, -0.05) is 12.1 Å². The molecule has 0 aliphatic carbocycles. The van der Waals surface area contributed by atoms with E-state index in [2.05, 4.69) is 14.9 Å². The Labute approximate surface area is 135 Å². The Morgan fingerprint density at radius 3 is 2.61 bits per heavy atom. The molecule has 1 N–H and O–H groups in total. The maximum absolute atomic E-state index is 13.3. The van der Waals surface area contributed by atoms with Gasteiger partial charge in [-0.25, -0.2) is 17.5 Å². The molecule has 124 valence electrons. The van der Waals surface area contributed by atoms with Crippen LogP contribution in [0.5, 0.6) is 0 Å². The van der Waals surface area contributed by atoms with Gasteiger partial charge in [0.15, 0.2) is 5.82 Å². The summed E-state index contributed by atoms with van der Waals surface area (Å²) in [6.45, 7) is 2.62. The first-order valence-electron chi connectivity index (χ1n) is 7.02. The molecule has 1 heterocycles. The number of halogens is 1. The topological polar surface area (TPSA) is 75.2 Å². The van der Waals surface area contributed by atoms with Crippen molar-refractivity contribution in [3.8, 4) is 11.3 Å². The first kappa shape index (κ1) is 17.3. The summed E-state index contributed by atoms with van der Waals surface area (Å²) in [6.07, 6.45) is 1.12. The molecular weight excluding hydrogens is 319 g/mol. The number of nitrogens with one attached hydrogen (secondary N) is 1. The summed E-state index contributed by atoms with van der Waals surface area (Å²) in [5.41, 5.74) is 2.13. The van der Waals surface area contributed by atoms with Gasteiger partial charge in [0.25, 0.3) is 0 Å². The maximum atomic E-state index is 13.3. The molecule has 0 fully saturated rings. The van der Waals surface area contributed by atoms with Crippen LogP contribution in [0, 0.1) is 12.7 Å². The minimum Gasteiger partial charge on any atom is -0.357 e. The van der Waals surface area contributed by atoms with E-state index in [1.165, 1.54) is 12.1 Å². The van der Waals surface area contributed by atoms with Crippen LogP contribution in [0.2, 0.25) is 0 Å². The molecule has 2 rings (SSSR count). The van der Waals surface area contributed by atoms with Gasteiger partial charge in [0, 0.05) is 25.7 Å². The largest absolute Gasteiger partial charge is 0.357 e. The fourth-order valence-corrected chi connectivity index (χ4v) is 2.61. The molecule has 6 nitrogen and oxygen atoms in total. The highest BCUT2D eigenvalue weighted by Crippen LogP contribution is 2.22. The number of benzene rings is 1. The third-order valence-electron chi connectivity index (χ3n) is 3.25. The molecule has 2 aromatic rings. The molecule has 0 radical (unpaired) electrons. The molecule has 0 bridgehead atoms. The van der Waals surface area contributed by atoms with Crippen molar-refractivity contribution in [1.29, 1.82) is 0 Å². The van der Waals surface area contributed by atoms with E-state index >= 15 is 0 Å². The first-order chi connectivity index (χ1) is 10.8. The van der Waals surface area contributed by atoms with Gasteiger partial charge >= 0.3 is 0 Å². The predicted octanol–water partition coefficient (Wildman–Crippen LogP) is 1.58. The Kier molecular flexibility index (Phi) is 5.27. The van der Waals surface area contributed by atoms with E-state index in [4.69, 9.17) is 0 Å². The van der Waals surface area contributed by atoms with Gasteiger partial charge in [-0.05, 0) is 30.7 Å². The summed E-state index contributed by atoms with van der Waals surface area (Å²) >= 11 is 0. The van der Waals surface area contributed by atoms with E-state index in [1.54, 1.807) is 12.1 Å². The number of anilines is 1. The number of sulfonamides is 1. The van der Waals surface area contributed by atoms with Crippen LogP contribution in [0.1, 0.15) is 5.56 Å². The molecule has 0 aliphatic heterocycles. The Hall–Kier alpha value is -2.06. The van der Waals surface area contributed by atoms with E-state index < -0.39 is 10.0 Å². The molecule has 23 heavy (non-hydrogen) atoms. The van der Waals surface area contributed by atoms with Crippen LogP contribution in [0.4, 0.5) is 10.2 Å². The molecule has 0 spiro atoms. The monoisotopic (exact) mass is 338 g/mol. The molecule has 0 aliphatic rings. The van der Waals surface area contributed by atoms with Gasteiger partial charge in [0.2, 0.25) is 10.0 Å². The normalized spacial score (nSPS) is 11.5. The quantitative estimate of drug-likeness (QED) is 0.865. The Morgan fingerprint density at radius 1 is 1.26 bits per heavy atom. The molecule has 0 atom stereocenters. The number of aromatic nitrogens is 2. The summed E-state index contributed by atoms with van der Waals surface area (Å²) < 4.78 is 37.8. The fraction of sp³-hybridized carbons (Fsp3) is 0.333. The van der Waals surface area contributed by atoms with Crippen LogP contribution in [-0.2, 0) is 10.0 Å². The highest BCUT2D eigenvalue weighted by Gasteiger charge is 2.11. The predicted molar refractivity (Wildman–Crippen MR) is 88.3 cm³/mol. The first-order valence-corrected chi connectivity index (χ1v) is 8.91. The number of rotatable bonds is 6. The van der Waals surface area contributed by atoms with Crippen LogP contribution in [0.15, 0.2) is 30.3 Å². The second-order valence-electron chi connectivity index (χ2n) is 5.33. The van der Waals surface area contributed by atoms with Gasteiger partial charge in [-0.2, -0.15) is 0 Å². The molecule has 8 heteroatoms. The summed E-state index contributed by atoms with van der Waals surface area (Å²) in [7, 11) is -1.40. The highest BCUT2D eigenvalue weighted by molar-refractivity contribution is 7.88. The smallest absolute Gasteiger partial charge is 0.208 e. The number of hydrogen-bond donors (Lipinski definition) is 1. The van der Waals surface area contributed by atoms with Crippen LogP contribution >= 0.6 is 0 Å².